The molecule has 0 bridgehead atoms. The molecule has 0 aromatic heterocycles. The monoisotopic (exact) mass is 323 g/mol. The van der Waals surface area contributed by atoms with Crippen LogP contribution in [0.1, 0.15) is 36.0 Å². The first-order valence-corrected chi connectivity index (χ1v) is 9.08. The van der Waals surface area contributed by atoms with Crippen LogP contribution in [0.5, 0.6) is 0 Å². The molecule has 128 valence electrons. The minimum Gasteiger partial charge on any atom is -0.397 e. The van der Waals surface area contributed by atoms with Crippen molar-refractivity contribution in [3.8, 4) is 0 Å². The molecule has 1 fully saturated rings. The van der Waals surface area contributed by atoms with Crippen LogP contribution in [0.15, 0.2) is 36.4 Å². The van der Waals surface area contributed by atoms with Crippen LogP contribution in [0.25, 0.3) is 0 Å². The number of nitrogens with zero attached hydrogens (tertiary/aromatic N) is 1. The topological polar surface area (TPSA) is 41.3 Å². The average molecular weight is 323 g/mol. The molecule has 1 saturated heterocycles. The number of aryl methyl sites for hydroxylation is 3. The molecule has 1 aliphatic heterocycles. The van der Waals surface area contributed by atoms with Crippen LogP contribution in [0.4, 0.5) is 17.1 Å². The van der Waals surface area contributed by atoms with Gasteiger partial charge in [-0.1, -0.05) is 18.2 Å². The van der Waals surface area contributed by atoms with Crippen LogP contribution >= 0.6 is 0 Å². The Labute approximate surface area is 145 Å². The molecular weight excluding hydrogens is 294 g/mol. The van der Waals surface area contributed by atoms with Crippen LogP contribution in [-0.2, 0) is 6.42 Å². The molecule has 2 aromatic rings. The molecule has 0 radical (unpaired) electrons. The molecule has 3 rings (SSSR count). The zero-order valence-electron chi connectivity index (χ0n) is 14.9. The molecule has 0 amide bonds. The zero-order chi connectivity index (χ0) is 16.9. The molecule has 0 aliphatic carbocycles. The number of nitrogens with two attached hydrogens (primary N) is 1. The Morgan fingerprint density at radius 1 is 1.04 bits per heavy atom. The van der Waals surface area contributed by atoms with Gasteiger partial charge in [0.1, 0.15) is 0 Å². The van der Waals surface area contributed by atoms with Crippen molar-refractivity contribution < 1.29 is 0 Å². The third-order valence-corrected chi connectivity index (χ3v) is 4.89. The minimum absolute atomic E-state index is 0.928. The van der Waals surface area contributed by atoms with Gasteiger partial charge in [-0.05, 0) is 74.4 Å². The van der Waals surface area contributed by atoms with Crippen LogP contribution in [-0.4, -0.2) is 19.6 Å². The molecule has 24 heavy (non-hydrogen) atoms. The van der Waals surface area contributed by atoms with Crippen molar-refractivity contribution in [2.75, 3.05) is 35.6 Å². The minimum atomic E-state index is 0.928. The largest absolute Gasteiger partial charge is 0.397 e. The maximum atomic E-state index is 6.28. The summed E-state index contributed by atoms with van der Waals surface area (Å²) < 4.78 is 0. The third kappa shape index (κ3) is 4.02. The molecule has 0 atom stereocenters. The first-order chi connectivity index (χ1) is 11.6. The number of nitrogens with one attached hydrogen (secondary N) is 1. The fourth-order valence-electron chi connectivity index (χ4n) is 3.45. The fraction of sp³-hybridized carbons (Fsp3) is 0.429. The predicted molar refractivity (Wildman–Crippen MR) is 105 cm³/mol. The van der Waals surface area contributed by atoms with Gasteiger partial charge in [-0.3, -0.25) is 0 Å². The number of hydrogen-bond donors (Lipinski definition) is 2. The van der Waals surface area contributed by atoms with E-state index in [4.69, 9.17) is 5.73 Å². The van der Waals surface area contributed by atoms with Gasteiger partial charge < -0.3 is 16.0 Å². The quantitative estimate of drug-likeness (QED) is 0.606. The highest BCUT2D eigenvalue weighted by molar-refractivity contribution is 5.68. The summed E-state index contributed by atoms with van der Waals surface area (Å²) in [5, 5.41) is 3.56. The Kier molecular flexibility index (Phi) is 5.29. The highest BCUT2D eigenvalue weighted by Crippen LogP contribution is 2.28. The predicted octanol–water partition coefficient (Wildman–Crippen LogP) is 4.53. The van der Waals surface area contributed by atoms with Crippen molar-refractivity contribution in [1.29, 1.82) is 0 Å². The van der Waals surface area contributed by atoms with Gasteiger partial charge in [0.25, 0.3) is 0 Å². The van der Waals surface area contributed by atoms with Crippen LogP contribution in [0.3, 0.4) is 0 Å². The molecule has 3 heteroatoms. The van der Waals surface area contributed by atoms with Crippen molar-refractivity contribution >= 4 is 17.1 Å². The Morgan fingerprint density at radius 3 is 2.58 bits per heavy atom. The van der Waals surface area contributed by atoms with Crippen molar-refractivity contribution in [1.82, 2.24) is 0 Å². The van der Waals surface area contributed by atoms with Crippen molar-refractivity contribution in [2.24, 2.45) is 0 Å². The lowest BCUT2D eigenvalue weighted by Gasteiger charge is -2.20. The average Bonchev–Trinajstić information content (AvgIpc) is 3.09. The molecule has 3 nitrogen and oxygen atoms in total. The van der Waals surface area contributed by atoms with E-state index in [-0.39, 0.29) is 0 Å². The Hall–Kier alpha value is -2.16. The maximum Gasteiger partial charge on any atom is 0.0600 e. The lowest BCUT2D eigenvalue weighted by molar-refractivity contribution is 0.861. The summed E-state index contributed by atoms with van der Waals surface area (Å²) in [6.07, 6.45) is 4.73. The normalized spacial score (nSPS) is 14.2. The lowest BCUT2D eigenvalue weighted by atomic mass is 10.1. The van der Waals surface area contributed by atoms with E-state index in [0.717, 1.165) is 38.2 Å². The van der Waals surface area contributed by atoms with Crippen molar-refractivity contribution in [3.05, 3.63) is 53.1 Å². The molecule has 0 unspecified atom stereocenters. The molecule has 3 N–H and O–H groups in total. The van der Waals surface area contributed by atoms with E-state index < -0.39 is 0 Å². The summed E-state index contributed by atoms with van der Waals surface area (Å²) in [4.78, 5) is 2.40. The van der Waals surface area contributed by atoms with Crippen molar-refractivity contribution in [3.63, 3.8) is 0 Å². The van der Waals surface area contributed by atoms with Gasteiger partial charge >= 0.3 is 0 Å². The van der Waals surface area contributed by atoms with Crippen LogP contribution < -0.4 is 16.0 Å². The smallest absolute Gasteiger partial charge is 0.0600 e. The number of nitrogen functional groups attached to an aromatic ring is 1. The first-order valence-electron chi connectivity index (χ1n) is 9.08. The fourth-order valence-corrected chi connectivity index (χ4v) is 3.45. The molecule has 0 spiro atoms. The van der Waals surface area contributed by atoms with E-state index in [9.17, 15) is 0 Å². The standard InChI is InChI=1S/C21H29N3/c1-16-7-8-17(2)20(14-16)23-11-5-6-18-9-10-21(19(22)15-18)24-12-3-4-13-24/h7-10,14-15,23H,3-6,11-13,22H2,1-2H3. The molecule has 0 saturated carbocycles. The summed E-state index contributed by atoms with van der Waals surface area (Å²) in [6, 6.07) is 13.2. The van der Waals surface area contributed by atoms with E-state index in [0.29, 0.717) is 0 Å². The summed E-state index contributed by atoms with van der Waals surface area (Å²) in [7, 11) is 0. The summed E-state index contributed by atoms with van der Waals surface area (Å²) in [6.45, 7) is 7.56. The summed E-state index contributed by atoms with van der Waals surface area (Å²) in [5.74, 6) is 0. The van der Waals surface area contributed by atoms with E-state index in [1.165, 1.54) is 40.9 Å². The van der Waals surface area contributed by atoms with Gasteiger partial charge in [0.05, 0.1) is 11.4 Å². The second-order valence-corrected chi connectivity index (χ2v) is 6.94. The highest BCUT2D eigenvalue weighted by atomic mass is 15.1. The molecule has 2 aromatic carbocycles. The van der Waals surface area contributed by atoms with Gasteiger partial charge in [0.2, 0.25) is 0 Å². The van der Waals surface area contributed by atoms with E-state index >= 15 is 0 Å². The van der Waals surface area contributed by atoms with Crippen LogP contribution in [0.2, 0.25) is 0 Å². The Morgan fingerprint density at radius 2 is 1.83 bits per heavy atom. The second-order valence-electron chi connectivity index (χ2n) is 6.94. The molecular formula is C21H29N3. The Balaban J connectivity index is 1.51. The van der Waals surface area contributed by atoms with Gasteiger partial charge in [-0.25, -0.2) is 0 Å². The lowest BCUT2D eigenvalue weighted by Crippen LogP contribution is -2.19. The number of rotatable bonds is 6. The van der Waals surface area contributed by atoms with Gasteiger partial charge in [-0.15, -0.1) is 0 Å². The Bertz CT molecular complexity index is 687. The van der Waals surface area contributed by atoms with E-state index in [1.807, 2.05) is 0 Å². The number of anilines is 3. The first kappa shape index (κ1) is 16.7. The second kappa shape index (κ2) is 7.61. The SMILES string of the molecule is Cc1ccc(C)c(NCCCc2ccc(N3CCCC3)c(N)c2)c1. The van der Waals surface area contributed by atoms with E-state index in [1.54, 1.807) is 0 Å². The zero-order valence-corrected chi connectivity index (χ0v) is 14.9. The van der Waals surface area contributed by atoms with Gasteiger partial charge in [-0.2, -0.15) is 0 Å². The van der Waals surface area contributed by atoms with Gasteiger partial charge in [0, 0.05) is 25.3 Å². The highest BCUT2D eigenvalue weighted by Gasteiger charge is 2.14. The molecule has 1 aliphatic rings. The number of benzene rings is 2. The van der Waals surface area contributed by atoms with E-state index in [2.05, 4.69) is 60.5 Å². The number of hydrogen-bond acceptors (Lipinski definition) is 3. The summed E-state index contributed by atoms with van der Waals surface area (Å²) in [5.41, 5.74) is 13.6. The van der Waals surface area contributed by atoms with Crippen molar-refractivity contribution in [2.45, 2.75) is 39.5 Å². The maximum absolute atomic E-state index is 6.28. The van der Waals surface area contributed by atoms with Crippen LogP contribution in [0, 0.1) is 13.8 Å². The van der Waals surface area contributed by atoms with Gasteiger partial charge in [0.15, 0.2) is 0 Å². The third-order valence-electron chi connectivity index (χ3n) is 4.89. The summed E-state index contributed by atoms with van der Waals surface area (Å²) >= 11 is 0. The molecule has 1 heterocycles.